The first-order chi connectivity index (χ1) is 13.2. The van der Waals surface area contributed by atoms with Crippen LogP contribution in [-0.2, 0) is 17.8 Å². The Balaban J connectivity index is 2.00. The van der Waals surface area contributed by atoms with Gasteiger partial charge in [-0.15, -0.1) is 13.2 Å². The van der Waals surface area contributed by atoms with Crippen LogP contribution in [0.1, 0.15) is 34.8 Å². The smallest absolute Gasteiger partial charge is 0.481 e. The van der Waals surface area contributed by atoms with Gasteiger partial charge in [-0.25, -0.2) is 0 Å². The molecule has 0 radical (unpaired) electrons. The standard InChI is InChI=1S/C20H20F3NO4/c1-2-14(19(26)27)11-13-7-9-15(10-8-13)18(25)24-12-16-5-3-4-6-17(16)28-20(21,22)23/h3-10,14H,2,11-12H2,1H3,(H,24,25)(H,26,27). The van der Waals surface area contributed by atoms with Crippen LogP contribution in [0, 0.1) is 5.92 Å². The third-order valence-corrected chi connectivity index (χ3v) is 4.18. The molecule has 150 valence electrons. The highest BCUT2D eigenvalue weighted by atomic mass is 19.4. The number of hydrogen-bond donors (Lipinski definition) is 2. The van der Waals surface area contributed by atoms with Crippen LogP contribution in [0.5, 0.6) is 5.75 Å². The molecule has 0 aromatic heterocycles. The van der Waals surface area contributed by atoms with Crippen molar-refractivity contribution in [1.29, 1.82) is 0 Å². The lowest BCUT2D eigenvalue weighted by atomic mass is 9.96. The number of carboxylic acids is 1. The van der Waals surface area contributed by atoms with E-state index < -0.39 is 24.2 Å². The SMILES string of the molecule is CCC(Cc1ccc(C(=O)NCc2ccccc2OC(F)(F)F)cc1)C(=O)O. The number of ether oxygens (including phenoxy) is 1. The van der Waals surface area contributed by atoms with Crippen LogP contribution in [0.15, 0.2) is 48.5 Å². The second-order valence-electron chi connectivity index (χ2n) is 6.18. The number of rotatable bonds is 8. The van der Waals surface area contributed by atoms with Crippen molar-refractivity contribution >= 4 is 11.9 Å². The normalized spacial score (nSPS) is 12.3. The molecule has 0 heterocycles. The maximum atomic E-state index is 12.4. The molecular formula is C20H20F3NO4. The third kappa shape index (κ3) is 6.29. The van der Waals surface area contributed by atoms with Crippen molar-refractivity contribution < 1.29 is 32.6 Å². The molecule has 0 aliphatic heterocycles. The molecule has 2 aromatic carbocycles. The molecule has 2 aromatic rings. The maximum absolute atomic E-state index is 12.4. The molecule has 0 saturated heterocycles. The molecule has 0 aliphatic rings. The average molecular weight is 395 g/mol. The highest BCUT2D eigenvalue weighted by Crippen LogP contribution is 2.26. The molecule has 0 saturated carbocycles. The third-order valence-electron chi connectivity index (χ3n) is 4.18. The van der Waals surface area contributed by atoms with Crippen molar-refractivity contribution in [3.8, 4) is 5.75 Å². The van der Waals surface area contributed by atoms with E-state index in [-0.39, 0.29) is 17.9 Å². The van der Waals surface area contributed by atoms with Gasteiger partial charge in [-0.1, -0.05) is 37.3 Å². The van der Waals surface area contributed by atoms with E-state index in [1.165, 1.54) is 18.2 Å². The van der Waals surface area contributed by atoms with Gasteiger partial charge in [0.05, 0.1) is 5.92 Å². The molecule has 0 aliphatic carbocycles. The first-order valence-corrected chi connectivity index (χ1v) is 8.63. The number of amides is 1. The summed E-state index contributed by atoms with van der Waals surface area (Å²) in [7, 11) is 0. The van der Waals surface area contributed by atoms with E-state index in [4.69, 9.17) is 5.11 Å². The number of nitrogens with one attached hydrogen (secondary N) is 1. The summed E-state index contributed by atoms with van der Waals surface area (Å²) in [5.74, 6) is -2.20. The summed E-state index contributed by atoms with van der Waals surface area (Å²) in [6.07, 6.45) is -3.96. The lowest BCUT2D eigenvalue weighted by Gasteiger charge is -2.14. The number of alkyl halides is 3. The quantitative estimate of drug-likeness (QED) is 0.704. The van der Waals surface area contributed by atoms with E-state index in [0.29, 0.717) is 18.4 Å². The van der Waals surface area contributed by atoms with Crippen LogP contribution in [0.25, 0.3) is 0 Å². The van der Waals surface area contributed by atoms with Gasteiger partial charge in [0.2, 0.25) is 0 Å². The van der Waals surface area contributed by atoms with Gasteiger partial charge in [-0.05, 0) is 36.6 Å². The van der Waals surface area contributed by atoms with Gasteiger partial charge in [0.1, 0.15) is 5.75 Å². The fourth-order valence-electron chi connectivity index (χ4n) is 2.63. The Labute approximate surface area is 160 Å². The average Bonchev–Trinajstić information content (AvgIpc) is 2.64. The first-order valence-electron chi connectivity index (χ1n) is 8.63. The van der Waals surface area contributed by atoms with E-state index in [0.717, 1.165) is 5.56 Å². The van der Waals surface area contributed by atoms with Gasteiger partial charge in [0.25, 0.3) is 5.91 Å². The molecule has 8 heteroatoms. The van der Waals surface area contributed by atoms with Gasteiger partial charge in [0.15, 0.2) is 0 Å². The highest BCUT2D eigenvalue weighted by Gasteiger charge is 2.32. The minimum Gasteiger partial charge on any atom is -0.481 e. The zero-order chi connectivity index (χ0) is 20.7. The summed E-state index contributed by atoms with van der Waals surface area (Å²) < 4.78 is 41.3. The monoisotopic (exact) mass is 395 g/mol. The summed E-state index contributed by atoms with van der Waals surface area (Å²) in [5, 5.41) is 11.7. The van der Waals surface area contributed by atoms with Crippen LogP contribution >= 0.6 is 0 Å². The number of para-hydroxylation sites is 1. The number of halogens is 3. The Kier molecular flexibility index (Phi) is 7.03. The van der Waals surface area contributed by atoms with E-state index in [9.17, 15) is 22.8 Å². The zero-order valence-electron chi connectivity index (χ0n) is 15.1. The summed E-state index contributed by atoms with van der Waals surface area (Å²) in [6, 6.07) is 12.0. The van der Waals surface area contributed by atoms with Crippen molar-refractivity contribution in [1.82, 2.24) is 5.32 Å². The van der Waals surface area contributed by atoms with Crippen LogP contribution < -0.4 is 10.1 Å². The Hall–Kier alpha value is -3.03. The summed E-state index contributed by atoms with van der Waals surface area (Å²) in [4.78, 5) is 23.3. The van der Waals surface area contributed by atoms with E-state index in [1.54, 1.807) is 37.3 Å². The van der Waals surface area contributed by atoms with E-state index >= 15 is 0 Å². The molecular weight excluding hydrogens is 375 g/mol. The minimum absolute atomic E-state index is 0.135. The van der Waals surface area contributed by atoms with Crippen molar-refractivity contribution in [2.24, 2.45) is 5.92 Å². The topological polar surface area (TPSA) is 75.6 Å². The predicted molar refractivity (Wildman–Crippen MR) is 95.9 cm³/mol. The molecule has 2 N–H and O–H groups in total. The highest BCUT2D eigenvalue weighted by molar-refractivity contribution is 5.94. The molecule has 0 fully saturated rings. The Morgan fingerprint density at radius 1 is 1.11 bits per heavy atom. The fourth-order valence-corrected chi connectivity index (χ4v) is 2.63. The molecule has 1 atom stereocenters. The molecule has 0 spiro atoms. The number of aliphatic carboxylic acids is 1. The number of benzene rings is 2. The van der Waals surface area contributed by atoms with Gasteiger partial charge in [0, 0.05) is 17.7 Å². The molecule has 1 unspecified atom stereocenters. The first kappa shape index (κ1) is 21.3. The fraction of sp³-hybridized carbons (Fsp3) is 0.300. The molecule has 0 bridgehead atoms. The van der Waals surface area contributed by atoms with Crippen LogP contribution in [0.3, 0.4) is 0 Å². The molecule has 1 amide bonds. The van der Waals surface area contributed by atoms with Crippen molar-refractivity contribution in [2.75, 3.05) is 0 Å². The lowest BCUT2D eigenvalue weighted by molar-refractivity contribution is -0.274. The second kappa shape index (κ2) is 9.25. The largest absolute Gasteiger partial charge is 0.573 e. The summed E-state index contributed by atoms with van der Waals surface area (Å²) >= 11 is 0. The predicted octanol–water partition coefficient (Wildman–Crippen LogP) is 4.17. The molecule has 2 rings (SSSR count). The van der Waals surface area contributed by atoms with Gasteiger partial charge < -0.3 is 15.2 Å². The van der Waals surface area contributed by atoms with Crippen LogP contribution in [0.2, 0.25) is 0 Å². The van der Waals surface area contributed by atoms with Crippen LogP contribution in [0.4, 0.5) is 13.2 Å². The Bertz CT molecular complexity index is 819. The van der Waals surface area contributed by atoms with Crippen molar-refractivity contribution in [3.63, 3.8) is 0 Å². The van der Waals surface area contributed by atoms with Crippen molar-refractivity contribution in [2.45, 2.75) is 32.7 Å². The second-order valence-corrected chi connectivity index (χ2v) is 6.18. The number of carbonyl (C=O) groups is 2. The molecule has 5 nitrogen and oxygen atoms in total. The van der Waals surface area contributed by atoms with E-state index in [1.807, 2.05) is 0 Å². The zero-order valence-corrected chi connectivity index (χ0v) is 15.1. The molecule has 28 heavy (non-hydrogen) atoms. The number of hydrogen-bond acceptors (Lipinski definition) is 3. The number of carbonyl (C=O) groups excluding carboxylic acids is 1. The minimum atomic E-state index is -4.82. The Morgan fingerprint density at radius 2 is 1.75 bits per heavy atom. The van der Waals surface area contributed by atoms with E-state index in [2.05, 4.69) is 10.1 Å². The van der Waals surface area contributed by atoms with Crippen molar-refractivity contribution in [3.05, 3.63) is 65.2 Å². The van der Waals surface area contributed by atoms with Gasteiger partial charge >= 0.3 is 12.3 Å². The summed E-state index contributed by atoms with van der Waals surface area (Å²) in [5.41, 5.74) is 1.30. The van der Waals surface area contributed by atoms with Gasteiger partial charge in [-0.3, -0.25) is 9.59 Å². The van der Waals surface area contributed by atoms with Gasteiger partial charge in [-0.2, -0.15) is 0 Å². The Morgan fingerprint density at radius 3 is 2.32 bits per heavy atom. The van der Waals surface area contributed by atoms with Crippen LogP contribution in [-0.4, -0.2) is 23.3 Å². The maximum Gasteiger partial charge on any atom is 0.573 e. The number of carboxylic acid groups (broad SMARTS) is 1. The lowest BCUT2D eigenvalue weighted by Crippen LogP contribution is -2.24. The summed E-state index contributed by atoms with van der Waals surface area (Å²) in [6.45, 7) is 1.66.